The van der Waals surface area contributed by atoms with E-state index in [0.717, 1.165) is 43.9 Å². The molecule has 1 saturated heterocycles. The fourth-order valence-corrected chi connectivity index (χ4v) is 3.42. The second-order valence-electron chi connectivity index (χ2n) is 7.06. The van der Waals surface area contributed by atoms with Crippen LogP contribution in [-0.2, 0) is 9.53 Å². The Morgan fingerprint density at radius 1 is 1.27 bits per heavy atom. The second-order valence-corrected chi connectivity index (χ2v) is 7.06. The zero-order chi connectivity index (χ0) is 18.0. The smallest absolute Gasteiger partial charge is 0.238 e. The van der Waals surface area contributed by atoms with Gasteiger partial charge in [-0.3, -0.25) is 4.79 Å². The molecule has 0 aromatic heterocycles. The van der Waals surface area contributed by atoms with Crippen LogP contribution in [0.3, 0.4) is 0 Å². The van der Waals surface area contributed by atoms with Crippen molar-refractivity contribution < 1.29 is 14.3 Å². The maximum absolute atomic E-state index is 12.1. The average molecular weight is 358 g/mol. The van der Waals surface area contributed by atoms with E-state index < -0.39 is 0 Å². The summed E-state index contributed by atoms with van der Waals surface area (Å²) in [6.45, 7) is 2.57. The van der Waals surface area contributed by atoms with Crippen molar-refractivity contribution in [3.8, 4) is 5.75 Å². The Bertz CT molecular complexity index is 609. The van der Waals surface area contributed by atoms with E-state index in [1.807, 2.05) is 24.3 Å². The number of amides is 1. The molecule has 1 fully saturated rings. The molecule has 142 valence electrons. The van der Waals surface area contributed by atoms with Gasteiger partial charge in [0.2, 0.25) is 5.91 Å². The van der Waals surface area contributed by atoms with Gasteiger partial charge < -0.3 is 20.1 Å². The van der Waals surface area contributed by atoms with E-state index in [1.165, 1.54) is 31.3 Å². The molecule has 0 spiro atoms. The zero-order valence-electron chi connectivity index (χ0n) is 15.5. The fraction of sp³-hybridized carbons (Fsp3) is 0.571. The summed E-state index contributed by atoms with van der Waals surface area (Å²) in [4.78, 5) is 12.1. The van der Waals surface area contributed by atoms with Crippen molar-refractivity contribution in [3.63, 3.8) is 0 Å². The minimum atomic E-state index is -0.0288. The van der Waals surface area contributed by atoms with Gasteiger partial charge in [0, 0.05) is 18.4 Å². The molecule has 1 aliphatic carbocycles. The van der Waals surface area contributed by atoms with Gasteiger partial charge in [-0.15, -0.1) is 0 Å². The summed E-state index contributed by atoms with van der Waals surface area (Å²) in [6, 6.07) is 7.54. The Kier molecular flexibility index (Phi) is 7.52. The van der Waals surface area contributed by atoms with Gasteiger partial charge in [-0.05, 0) is 63.6 Å². The Morgan fingerprint density at radius 3 is 3.04 bits per heavy atom. The van der Waals surface area contributed by atoms with Gasteiger partial charge in [-0.25, -0.2) is 0 Å². The predicted octanol–water partition coefficient (Wildman–Crippen LogP) is 3.66. The first-order valence-electron chi connectivity index (χ1n) is 9.82. The zero-order valence-corrected chi connectivity index (χ0v) is 15.5. The van der Waals surface area contributed by atoms with Gasteiger partial charge in [0.15, 0.2) is 0 Å². The van der Waals surface area contributed by atoms with Gasteiger partial charge in [-0.2, -0.15) is 0 Å². The molecule has 1 aromatic carbocycles. The van der Waals surface area contributed by atoms with Crippen molar-refractivity contribution in [2.24, 2.45) is 0 Å². The van der Waals surface area contributed by atoms with E-state index in [0.29, 0.717) is 13.2 Å². The number of nitrogens with one attached hydrogen (secondary N) is 2. The normalized spacial score (nSPS) is 19.8. The highest BCUT2D eigenvalue weighted by Crippen LogP contribution is 2.20. The van der Waals surface area contributed by atoms with Crippen LogP contribution in [0.1, 0.15) is 44.9 Å². The van der Waals surface area contributed by atoms with Crippen LogP contribution >= 0.6 is 0 Å². The molecule has 5 heteroatoms. The Balaban J connectivity index is 1.35. The number of benzene rings is 1. The lowest BCUT2D eigenvalue weighted by Crippen LogP contribution is -2.29. The first-order chi connectivity index (χ1) is 12.8. The topological polar surface area (TPSA) is 59.6 Å². The Hall–Kier alpha value is -1.85. The monoisotopic (exact) mass is 358 g/mol. The quantitative estimate of drug-likeness (QED) is 0.522. The van der Waals surface area contributed by atoms with E-state index >= 15 is 0 Å². The molecule has 5 nitrogen and oxygen atoms in total. The molecule has 1 aliphatic heterocycles. The molecule has 1 amide bonds. The van der Waals surface area contributed by atoms with Crippen LogP contribution in [0.5, 0.6) is 5.75 Å². The summed E-state index contributed by atoms with van der Waals surface area (Å²) < 4.78 is 11.3. The molecule has 3 rings (SSSR count). The highest BCUT2D eigenvalue weighted by molar-refractivity contribution is 5.92. The van der Waals surface area contributed by atoms with Crippen LogP contribution in [0.4, 0.5) is 5.69 Å². The minimum absolute atomic E-state index is 0.0288. The highest BCUT2D eigenvalue weighted by Gasteiger charge is 2.16. The maximum atomic E-state index is 12.1. The van der Waals surface area contributed by atoms with Crippen molar-refractivity contribution >= 4 is 11.6 Å². The molecule has 26 heavy (non-hydrogen) atoms. The van der Waals surface area contributed by atoms with E-state index in [-0.39, 0.29) is 12.0 Å². The number of anilines is 1. The van der Waals surface area contributed by atoms with Gasteiger partial charge in [0.1, 0.15) is 12.4 Å². The predicted molar refractivity (Wildman–Crippen MR) is 104 cm³/mol. The van der Waals surface area contributed by atoms with Gasteiger partial charge >= 0.3 is 0 Å². The van der Waals surface area contributed by atoms with Crippen LogP contribution in [0, 0.1) is 0 Å². The van der Waals surface area contributed by atoms with Crippen LogP contribution in [0.25, 0.3) is 0 Å². The standard InChI is InChI=1S/C21H30N2O3/c24-21(15-22-12-11-17-6-2-1-3-7-17)23-18-8-4-9-19(14-18)26-16-20-10-5-13-25-20/h4,6,8-9,14,20,22H,1-3,5,7,10-13,15-16H2,(H,23,24). The third-order valence-corrected chi connectivity index (χ3v) is 4.87. The lowest BCUT2D eigenvalue weighted by Gasteiger charge is -2.13. The largest absolute Gasteiger partial charge is 0.491 e. The SMILES string of the molecule is O=C(CNCCC1=CCCCC1)Nc1cccc(OCC2CCCO2)c1. The molecule has 1 unspecified atom stereocenters. The molecule has 0 radical (unpaired) electrons. The summed E-state index contributed by atoms with van der Waals surface area (Å²) in [7, 11) is 0. The van der Waals surface area contributed by atoms with Crippen molar-refractivity contribution in [1.82, 2.24) is 5.32 Å². The minimum Gasteiger partial charge on any atom is -0.491 e. The number of hydrogen-bond acceptors (Lipinski definition) is 4. The van der Waals surface area contributed by atoms with E-state index in [1.54, 1.807) is 0 Å². The lowest BCUT2D eigenvalue weighted by molar-refractivity contribution is -0.115. The average Bonchev–Trinajstić information content (AvgIpc) is 3.18. The number of hydrogen-bond donors (Lipinski definition) is 2. The molecule has 2 N–H and O–H groups in total. The number of rotatable bonds is 9. The summed E-state index contributed by atoms with van der Waals surface area (Å²) in [5.41, 5.74) is 2.29. The number of ether oxygens (including phenoxy) is 2. The van der Waals surface area contributed by atoms with Gasteiger partial charge in [0.25, 0.3) is 0 Å². The maximum Gasteiger partial charge on any atom is 0.238 e. The van der Waals surface area contributed by atoms with Crippen LogP contribution in [0.2, 0.25) is 0 Å². The summed E-state index contributed by atoms with van der Waals surface area (Å²) >= 11 is 0. The summed E-state index contributed by atoms with van der Waals surface area (Å²) in [5.74, 6) is 0.731. The van der Waals surface area contributed by atoms with Crippen molar-refractivity contribution in [3.05, 3.63) is 35.9 Å². The fourth-order valence-electron chi connectivity index (χ4n) is 3.42. The molecule has 1 aromatic rings. The van der Waals surface area contributed by atoms with E-state index in [4.69, 9.17) is 9.47 Å². The second kappa shape index (κ2) is 10.3. The Morgan fingerprint density at radius 2 is 2.23 bits per heavy atom. The molecule has 0 bridgehead atoms. The summed E-state index contributed by atoms with van der Waals surface area (Å²) in [5, 5.41) is 6.15. The molecule has 0 saturated carbocycles. The number of carbonyl (C=O) groups excluding carboxylic acids is 1. The molecular weight excluding hydrogens is 328 g/mol. The lowest BCUT2D eigenvalue weighted by atomic mass is 9.97. The Labute approximate surface area is 156 Å². The molecule has 1 heterocycles. The number of carbonyl (C=O) groups is 1. The van der Waals surface area contributed by atoms with Gasteiger partial charge in [0.05, 0.1) is 12.6 Å². The third kappa shape index (κ3) is 6.46. The van der Waals surface area contributed by atoms with Crippen LogP contribution in [-0.4, -0.2) is 38.3 Å². The molecule has 2 aliphatic rings. The van der Waals surface area contributed by atoms with Crippen LogP contribution < -0.4 is 15.4 Å². The highest BCUT2D eigenvalue weighted by atomic mass is 16.5. The van der Waals surface area contributed by atoms with Crippen molar-refractivity contribution in [2.75, 3.05) is 31.6 Å². The first kappa shape index (κ1) is 18.9. The number of allylic oxidation sites excluding steroid dienone is 1. The van der Waals surface area contributed by atoms with E-state index in [2.05, 4.69) is 16.7 Å². The van der Waals surface area contributed by atoms with Gasteiger partial charge in [-0.1, -0.05) is 17.7 Å². The van der Waals surface area contributed by atoms with Crippen LogP contribution in [0.15, 0.2) is 35.9 Å². The molecular formula is C21H30N2O3. The van der Waals surface area contributed by atoms with Crippen molar-refractivity contribution in [2.45, 2.75) is 51.0 Å². The van der Waals surface area contributed by atoms with E-state index in [9.17, 15) is 4.79 Å². The molecule has 1 atom stereocenters. The van der Waals surface area contributed by atoms with Crippen molar-refractivity contribution in [1.29, 1.82) is 0 Å². The third-order valence-electron chi connectivity index (χ3n) is 4.87. The summed E-state index contributed by atoms with van der Waals surface area (Å²) in [6.07, 6.45) is 10.8. The first-order valence-corrected chi connectivity index (χ1v) is 9.82.